The number of aliphatic carboxylic acids is 1. The Morgan fingerprint density at radius 1 is 1.30 bits per heavy atom. The van der Waals surface area contributed by atoms with Crippen molar-refractivity contribution in [2.75, 3.05) is 33.9 Å². The van der Waals surface area contributed by atoms with Crippen LogP contribution in [0.5, 0.6) is 0 Å². The average Bonchev–Trinajstić information content (AvgIpc) is 2.45. The van der Waals surface area contributed by atoms with Crippen LogP contribution >= 0.6 is 0 Å². The van der Waals surface area contributed by atoms with Crippen LogP contribution in [-0.2, 0) is 9.53 Å². The molecule has 0 radical (unpaired) electrons. The zero-order valence-electron chi connectivity index (χ0n) is 12.5. The van der Waals surface area contributed by atoms with E-state index in [1.165, 1.54) is 0 Å². The molecule has 0 aromatic carbocycles. The van der Waals surface area contributed by atoms with Crippen LogP contribution in [0.2, 0.25) is 0 Å². The molecule has 0 heterocycles. The van der Waals surface area contributed by atoms with Gasteiger partial charge in [0, 0.05) is 33.9 Å². The Morgan fingerprint density at radius 2 is 1.95 bits per heavy atom. The highest BCUT2D eigenvalue weighted by atomic mass is 16.5. The molecule has 1 rings (SSSR count). The summed E-state index contributed by atoms with van der Waals surface area (Å²) < 4.78 is 4.94. The number of methoxy groups -OCH3 is 1. The van der Waals surface area contributed by atoms with E-state index in [0.29, 0.717) is 26.0 Å². The predicted molar refractivity (Wildman–Crippen MR) is 75.7 cm³/mol. The number of ether oxygens (including phenoxy) is 1. The van der Waals surface area contributed by atoms with Crippen LogP contribution in [0.1, 0.15) is 38.5 Å². The minimum Gasteiger partial charge on any atom is -0.481 e. The number of carboxylic acids is 1. The van der Waals surface area contributed by atoms with Gasteiger partial charge in [-0.2, -0.15) is 0 Å². The summed E-state index contributed by atoms with van der Waals surface area (Å²) in [4.78, 5) is 25.0. The van der Waals surface area contributed by atoms with Gasteiger partial charge >= 0.3 is 12.0 Å². The lowest BCUT2D eigenvalue weighted by Gasteiger charge is -2.33. The van der Waals surface area contributed by atoms with Crippen LogP contribution in [-0.4, -0.2) is 55.9 Å². The number of hydrogen-bond acceptors (Lipinski definition) is 3. The number of carbonyl (C=O) groups excluding carboxylic acids is 1. The average molecular weight is 286 g/mol. The highest BCUT2D eigenvalue weighted by molar-refractivity contribution is 5.78. The summed E-state index contributed by atoms with van der Waals surface area (Å²) in [5.41, 5.74) is -0.777. The maximum Gasteiger partial charge on any atom is 0.317 e. The first kappa shape index (κ1) is 16.8. The Bertz CT molecular complexity index is 327. The number of nitrogens with zero attached hydrogens (tertiary/aromatic N) is 1. The first-order valence-corrected chi connectivity index (χ1v) is 7.23. The van der Waals surface area contributed by atoms with Crippen molar-refractivity contribution in [3.8, 4) is 0 Å². The van der Waals surface area contributed by atoms with E-state index in [1.54, 1.807) is 19.1 Å². The van der Waals surface area contributed by atoms with Gasteiger partial charge in [0.05, 0.1) is 5.41 Å². The van der Waals surface area contributed by atoms with Crippen molar-refractivity contribution in [2.24, 2.45) is 5.41 Å². The minimum atomic E-state index is -0.792. The van der Waals surface area contributed by atoms with Crippen molar-refractivity contribution in [3.63, 3.8) is 0 Å². The summed E-state index contributed by atoms with van der Waals surface area (Å²) in [5.74, 6) is -0.792. The van der Waals surface area contributed by atoms with E-state index in [1.807, 2.05) is 0 Å². The molecular weight excluding hydrogens is 260 g/mol. The molecule has 20 heavy (non-hydrogen) atoms. The summed E-state index contributed by atoms with van der Waals surface area (Å²) in [7, 11) is 3.33. The molecule has 0 aromatic rings. The number of urea groups is 1. The van der Waals surface area contributed by atoms with E-state index in [9.17, 15) is 14.7 Å². The molecule has 6 nitrogen and oxygen atoms in total. The molecule has 0 unspecified atom stereocenters. The lowest BCUT2D eigenvalue weighted by Crippen LogP contribution is -2.47. The van der Waals surface area contributed by atoms with Crippen molar-refractivity contribution in [1.82, 2.24) is 10.2 Å². The summed E-state index contributed by atoms with van der Waals surface area (Å²) >= 11 is 0. The number of rotatable bonds is 7. The quantitative estimate of drug-likeness (QED) is 0.698. The minimum absolute atomic E-state index is 0.215. The molecule has 1 fully saturated rings. The van der Waals surface area contributed by atoms with E-state index >= 15 is 0 Å². The number of amides is 2. The number of carbonyl (C=O) groups is 2. The molecule has 2 amide bonds. The van der Waals surface area contributed by atoms with Crippen LogP contribution in [0.15, 0.2) is 0 Å². The Balaban J connectivity index is 2.42. The van der Waals surface area contributed by atoms with Crippen molar-refractivity contribution in [3.05, 3.63) is 0 Å². The second-order valence-corrected chi connectivity index (χ2v) is 5.57. The highest BCUT2D eigenvalue weighted by Gasteiger charge is 2.39. The van der Waals surface area contributed by atoms with Crippen LogP contribution in [0, 0.1) is 5.41 Å². The highest BCUT2D eigenvalue weighted by Crippen LogP contribution is 2.35. The summed E-state index contributed by atoms with van der Waals surface area (Å²) in [5, 5.41) is 12.2. The van der Waals surface area contributed by atoms with Crippen LogP contribution < -0.4 is 5.32 Å². The topological polar surface area (TPSA) is 78.9 Å². The van der Waals surface area contributed by atoms with Crippen LogP contribution in [0.4, 0.5) is 4.79 Å². The summed E-state index contributed by atoms with van der Waals surface area (Å²) in [6, 6.07) is -0.215. The third-order valence-corrected chi connectivity index (χ3v) is 4.03. The van der Waals surface area contributed by atoms with Gasteiger partial charge in [-0.15, -0.1) is 0 Å². The normalized spacial score (nSPS) is 17.5. The molecule has 1 aliphatic carbocycles. The molecule has 116 valence electrons. The van der Waals surface area contributed by atoms with Gasteiger partial charge in [-0.3, -0.25) is 4.79 Å². The van der Waals surface area contributed by atoms with Gasteiger partial charge in [0.1, 0.15) is 0 Å². The fourth-order valence-electron chi connectivity index (χ4n) is 2.62. The first-order valence-electron chi connectivity index (χ1n) is 7.23. The van der Waals surface area contributed by atoms with Gasteiger partial charge in [-0.05, 0) is 19.3 Å². The Kier molecular flexibility index (Phi) is 6.78. The Morgan fingerprint density at radius 3 is 2.50 bits per heavy atom. The summed E-state index contributed by atoms with van der Waals surface area (Å²) in [6.45, 7) is 1.42. The van der Waals surface area contributed by atoms with Gasteiger partial charge < -0.3 is 20.1 Å². The van der Waals surface area contributed by atoms with E-state index in [4.69, 9.17) is 4.74 Å². The first-order chi connectivity index (χ1) is 9.52. The molecule has 0 aliphatic heterocycles. The van der Waals surface area contributed by atoms with E-state index in [2.05, 4.69) is 5.32 Å². The molecule has 6 heteroatoms. The number of nitrogens with one attached hydrogen (secondary N) is 1. The van der Waals surface area contributed by atoms with Crippen molar-refractivity contribution in [1.29, 1.82) is 0 Å². The lowest BCUT2D eigenvalue weighted by atomic mass is 9.74. The van der Waals surface area contributed by atoms with Crippen LogP contribution in [0.25, 0.3) is 0 Å². The standard InChI is InChI=1S/C14H26N2O4/c1-16(9-6-10-20-2)13(19)15-11-14(12(17)18)7-4-3-5-8-14/h3-11H2,1-2H3,(H,15,19)(H,17,18). The Hall–Kier alpha value is -1.30. The number of carboxylic acid groups (broad SMARTS) is 1. The second kappa shape index (κ2) is 8.09. The zero-order valence-corrected chi connectivity index (χ0v) is 12.5. The molecule has 0 spiro atoms. The van der Waals surface area contributed by atoms with Crippen molar-refractivity contribution in [2.45, 2.75) is 38.5 Å². The van der Waals surface area contributed by atoms with Crippen molar-refractivity contribution >= 4 is 12.0 Å². The molecular formula is C14H26N2O4. The summed E-state index contributed by atoms with van der Waals surface area (Å²) in [6.07, 6.45) is 4.99. The smallest absolute Gasteiger partial charge is 0.317 e. The fourth-order valence-corrected chi connectivity index (χ4v) is 2.62. The monoisotopic (exact) mass is 286 g/mol. The lowest BCUT2D eigenvalue weighted by molar-refractivity contribution is -0.150. The van der Waals surface area contributed by atoms with E-state index in [0.717, 1.165) is 25.7 Å². The van der Waals surface area contributed by atoms with Gasteiger partial charge in [0.25, 0.3) is 0 Å². The van der Waals surface area contributed by atoms with Gasteiger partial charge in [-0.25, -0.2) is 4.79 Å². The molecule has 0 atom stereocenters. The van der Waals surface area contributed by atoms with Gasteiger partial charge in [0.2, 0.25) is 0 Å². The number of hydrogen-bond donors (Lipinski definition) is 2. The maximum atomic E-state index is 11.9. The third kappa shape index (κ3) is 4.67. The molecule has 0 aromatic heterocycles. The molecule has 1 aliphatic rings. The molecule has 0 saturated heterocycles. The second-order valence-electron chi connectivity index (χ2n) is 5.57. The fraction of sp³-hybridized carbons (Fsp3) is 0.857. The van der Waals surface area contributed by atoms with Gasteiger partial charge in [-0.1, -0.05) is 19.3 Å². The molecule has 1 saturated carbocycles. The SMILES string of the molecule is COCCCN(C)C(=O)NCC1(C(=O)O)CCCCC1. The Labute approximate surface area is 120 Å². The van der Waals surface area contributed by atoms with E-state index in [-0.39, 0.29) is 12.6 Å². The maximum absolute atomic E-state index is 11.9. The van der Waals surface area contributed by atoms with Crippen molar-refractivity contribution < 1.29 is 19.4 Å². The van der Waals surface area contributed by atoms with E-state index < -0.39 is 11.4 Å². The molecule has 2 N–H and O–H groups in total. The molecule has 0 bridgehead atoms. The van der Waals surface area contributed by atoms with Crippen LogP contribution in [0.3, 0.4) is 0 Å². The predicted octanol–water partition coefficient (Wildman–Crippen LogP) is 1.70. The zero-order chi connectivity index (χ0) is 15.0. The van der Waals surface area contributed by atoms with Gasteiger partial charge in [0.15, 0.2) is 0 Å². The largest absolute Gasteiger partial charge is 0.481 e. The third-order valence-electron chi connectivity index (χ3n) is 4.03.